The number of hydrogen-bond donors (Lipinski definition) is 0. The van der Waals surface area contributed by atoms with Gasteiger partial charge in [0.05, 0.1) is 23.6 Å². The Balaban J connectivity index is 2.09. The van der Waals surface area contributed by atoms with Gasteiger partial charge < -0.3 is 4.74 Å². The number of non-ortho nitro benzene ring substituents is 1. The summed E-state index contributed by atoms with van der Waals surface area (Å²) < 4.78 is 45.1. The molecular weight excluding hydrogens is 317 g/mol. The molecule has 1 aromatic rings. The molecule has 0 saturated carbocycles. The van der Waals surface area contributed by atoms with Crippen LogP contribution in [0.3, 0.4) is 0 Å². The molecule has 1 aliphatic heterocycles. The lowest BCUT2D eigenvalue weighted by Crippen LogP contribution is -2.39. The lowest BCUT2D eigenvalue weighted by atomic mass is 10.2. The molecule has 2 rings (SSSR count). The van der Waals surface area contributed by atoms with Crippen LogP contribution < -0.4 is 4.74 Å². The number of rotatable bonds is 5. The first-order valence-electron chi connectivity index (χ1n) is 6.49. The molecule has 22 heavy (non-hydrogen) atoms. The average Bonchev–Trinajstić information content (AvgIpc) is 2.86. The molecule has 0 aromatic heterocycles. The van der Waals surface area contributed by atoms with E-state index < -0.39 is 32.7 Å². The third-order valence-electron chi connectivity index (χ3n) is 3.27. The molecule has 1 heterocycles. The Morgan fingerprint density at radius 1 is 1.41 bits per heavy atom. The van der Waals surface area contributed by atoms with Crippen LogP contribution in [0.25, 0.3) is 0 Å². The minimum Gasteiger partial charge on any atom is -0.489 e. The highest BCUT2D eigenvalue weighted by Gasteiger charge is 2.34. The second-order valence-corrected chi connectivity index (χ2v) is 7.22. The number of nitro benzene ring substituents is 1. The first-order chi connectivity index (χ1) is 10.2. The molecule has 122 valence electrons. The van der Waals surface area contributed by atoms with E-state index in [9.17, 15) is 22.9 Å². The predicted octanol–water partition coefficient (Wildman–Crippen LogP) is 0.993. The summed E-state index contributed by atoms with van der Waals surface area (Å²) in [4.78, 5) is 9.98. The van der Waals surface area contributed by atoms with Gasteiger partial charge in [-0.15, -0.1) is 0 Å². The fourth-order valence-corrected chi connectivity index (χ4v) is 3.30. The third-order valence-corrected chi connectivity index (χ3v) is 5.17. The van der Waals surface area contributed by atoms with Crippen molar-refractivity contribution in [1.82, 2.24) is 8.61 Å². The maximum Gasteiger partial charge on any atom is 0.281 e. The van der Waals surface area contributed by atoms with Crippen LogP contribution in [0.4, 0.5) is 10.1 Å². The fourth-order valence-electron chi connectivity index (χ4n) is 2.15. The van der Waals surface area contributed by atoms with E-state index in [1.54, 1.807) is 0 Å². The number of halogens is 1. The molecule has 10 heteroatoms. The van der Waals surface area contributed by atoms with Crippen LogP contribution in [0.15, 0.2) is 18.2 Å². The Morgan fingerprint density at radius 3 is 2.68 bits per heavy atom. The average molecular weight is 333 g/mol. The maximum atomic E-state index is 13.3. The smallest absolute Gasteiger partial charge is 0.281 e. The molecule has 1 fully saturated rings. The summed E-state index contributed by atoms with van der Waals surface area (Å²) in [5, 5.41) is 10.7. The number of nitro groups is 1. The van der Waals surface area contributed by atoms with E-state index in [4.69, 9.17) is 4.74 Å². The van der Waals surface area contributed by atoms with Gasteiger partial charge in [-0.25, -0.2) is 4.39 Å². The van der Waals surface area contributed by atoms with Crippen molar-refractivity contribution in [2.45, 2.75) is 12.5 Å². The summed E-state index contributed by atoms with van der Waals surface area (Å²) in [6, 6.07) is 2.95. The highest BCUT2D eigenvalue weighted by molar-refractivity contribution is 7.86. The van der Waals surface area contributed by atoms with Gasteiger partial charge in [0.25, 0.3) is 15.9 Å². The first-order valence-corrected chi connectivity index (χ1v) is 7.89. The van der Waals surface area contributed by atoms with E-state index in [0.717, 1.165) is 22.5 Å². The number of nitrogens with zero attached hydrogens (tertiary/aromatic N) is 3. The summed E-state index contributed by atoms with van der Waals surface area (Å²) in [5.74, 6) is -0.763. The van der Waals surface area contributed by atoms with Crippen LogP contribution in [0.2, 0.25) is 0 Å². The minimum atomic E-state index is -3.53. The molecule has 0 spiro atoms. The largest absolute Gasteiger partial charge is 0.489 e. The predicted molar refractivity (Wildman–Crippen MR) is 76.3 cm³/mol. The van der Waals surface area contributed by atoms with E-state index in [2.05, 4.69) is 0 Å². The standard InChI is InChI=1S/C12H16FN3O5S/c1-14(2)22(19,20)15-4-3-11(8-15)21-12-6-9(13)5-10(7-12)16(17)18/h5-7,11H,3-4,8H2,1-2H3/t11-/m1/s1. The molecule has 0 bridgehead atoms. The highest BCUT2D eigenvalue weighted by Crippen LogP contribution is 2.25. The quantitative estimate of drug-likeness (QED) is 0.592. The van der Waals surface area contributed by atoms with E-state index >= 15 is 0 Å². The molecule has 0 aliphatic carbocycles. The minimum absolute atomic E-state index is 0.0146. The van der Waals surface area contributed by atoms with Crippen molar-refractivity contribution >= 4 is 15.9 Å². The summed E-state index contributed by atoms with van der Waals surface area (Å²) in [6.07, 6.45) is -0.0478. The summed E-state index contributed by atoms with van der Waals surface area (Å²) in [6.45, 7) is 0.396. The van der Waals surface area contributed by atoms with Crippen molar-refractivity contribution in [2.24, 2.45) is 0 Å². The molecule has 1 saturated heterocycles. The monoisotopic (exact) mass is 333 g/mol. The molecule has 8 nitrogen and oxygen atoms in total. The van der Waals surface area contributed by atoms with Gasteiger partial charge in [0.2, 0.25) is 0 Å². The SMILES string of the molecule is CN(C)S(=O)(=O)N1CC[C@@H](Oc2cc(F)cc([N+](=O)[O-])c2)C1. The second-order valence-electron chi connectivity index (χ2n) is 5.08. The van der Waals surface area contributed by atoms with E-state index in [1.165, 1.54) is 18.4 Å². The molecule has 0 amide bonds. The van der Waals surface area contributed by atoms with Gasteiger partial charge in [-0.2, -0.15) is 17.0 Å². The van der Waals surface area contributed by atoms with E-state index in [0.29, 0.717) is 6.42 Å². The van der Waals surface area contributed by atoms with Crippen LogP contribution in [0.1, 0.15) is 6.42 Å². The van der Waals surface area contributed by atoms with Gasteiger partial charge >= 0.3 is 0 Å². The molecule has 0 N–H and O–H groups in total. The molecule has 0 radical (unpaired) electrons. The normalized spacial score (nSPS) is 19.5. The van der Waals surface area contributed by atoms with Crippen molar-refractivity contribution in [3.63, 3.8) is 0 Å². The van der Waals surface area contributed by atoms with Gasteiger partial charge in [0, 0.05) is 26.7 Å². The number of ether oxygens (including phenoxy) is 1. The van der Waals surface area contributed by atoms with Crippen molar-refractivity contribution in [2.75, 3.05) is 27.2 Å². The second kappa shape index (κ2) is 6.15. The van der Waals surface area contributed by atoms with Crippen molar-refractivity contribution in [1.29, 1.82) is 0 Å². The zero-order chi connectivity index (χ0) is 16.5. The van der Waals surface area contributed by atoms with Gasteiger partial charge in [0.1, 0.15) is 17.7 Å². The summed E-state index contributed by atoms with van der Waals surface area (Å²) >= 11 is 0. The maximum absolute atomic E-state index is 13.3. The van der Waals surface area contributed by atoms with Gasteiger partial charge in [-0.05, 0) is 6.42 Å². The van der Waals surface area contributed by atoms with Crippen LogP contribution >= 0.6 is 0 Å². The lowest BCUT2D eigenvalue weighted by Gasteiger charge is -2.20. The Labute approximate surface area is 127 Å². The van der Waals surface area contributed by atoms with Crippen molar-refractivity contribution in [3.8, 4) is 5.75 Å². The molecule has 0 unspecified atom stereocenters. The van der Waals surface area contributed by atoms with Crippen LogP contribution in [0.5, 0.6) is 5.75 Å². The highest BCUT2D eigenvalue weighted by atomic mass is 32.2. The van der Waals surface area contributed by atoms with Crippen molar-refractivity contribution < 1.29 is 22.5 Å². The van der Waals surface area contributed by atoms with Gasteiger partial charge in [-0.1, -0.05) is 0 Å². The van der Waals surface area contributed by atoms with E-state index in [1.807, 2.05) is 0 Å². The molecule has 1 aromatic carbocycles. The molecular formula is C12H16FN3O5S. The lowest BCUT2D eigenvalue weighted by molar-refractivity contribution is -0.385. The first kappa shape index (κ1) is 16.6. The zero-order valence-corrected chi connectivity index (χ0v) is 12.9. The Morgan fingerprint density at radius 2 is 2.09 bits per heavy atom. The van der Waals surface area contributed by atoms with Crippen LogP contribution in [-0.4, -0.2) is 55.2 Å². The Bertz CT molecular complexity index is 679. The summed E-state index contributed by atoms with van der Waals surface area (Å²) in [7, 11) is -0.667. The third kappa shape index (κ3) is 3.51. The van der Waals surface area contributed by atoms with E-state index in [-0.39, 0.29) is 18.8 Å². The van der Waals surface area contributed by atoms with Gasteiger partial charge in [-0.3, -0.25) is 10.1 Å². The Kier molecular flexibility index (Phi) is 4.63. The van der Waals surface area contributed by atoms with Gasteiger partial charge in [0.15, 0.2) is 0 Å². The molecule has 1 aliphatic rings. The van der Waals surface area contributed by atoms with Crippen LogP contribution in [-0.2, 0) is 10.2 Å². The number of benzene rings is 1. The zero-order valence-electron chi connectivity index (χ0n) is 12.1. The number of hydrogen-bond acceptors (Lipinski definition) is 5. The Hall–Kier alpha value is -1.78. The fraction of sp³-hybridized carbons (Fsp3) is 0.500. The molecule has 1 atom stereocenters. The van der Waals surface area contributed by atoms with Crippen molar-refractivity contribution in [3.05, 3.63) is 34.1 Å². The summed E-state index contributed by atoms with van der Waals surface area (Å²) in [5.41, 5.74) is -0.411. The van der Waals surface area contributed by atoms with Crippen LogP contribution in [0, 0.1) is 15.9 Å². The topological polar surface area (TPSA) is 93.0 Å².